The molecule has 0 unspecified atom stereocenters. The van der Waals surface area contributed by atoms with Crippen molar-refractivity contribution >= 4 is 5.97 Å². The summed E-state index contributed by atoms with van der Waals surface area (Å²) in [4.78, 5) is 11.4. The van der Waals surface area contributed by atoms with Gasteiger partial charge in [-0.25, -0.2) is 5.01 Å². The molecule has 1 aliphatic heterocycles. The standard InChI is InChI=1S/C14H20N2O3/c1-18-14(17)10-12-4-2-3-5-13(12)11-15-16-6-8-19-9-7-16/h2-5,15H,6-11H2,1H3. The molecule has 1 aliphatic rings. The Morgan fingerprint density at radius 1 is 1.32 bits per heavy atom. The van der Waals surface area contributed by atoms with Crippen LogP contribution in [0.1, 0.15) is 11.1 Å². The van der Waals surface area contributed by atoms with Gasteiger partial charge in [-0.15, -0.1) is 0 Å². The summed E-state index contributed by atoms with van der Waals surface area (Å²) in [5.41, 5.74) is 5.50. The third kappa shape index (κ3) is 4.31. The second kappa shape index (κ2) is 7.23. The summed E-state index contributed by atoms with van der Waals surface area (Å²) < 4.78 is 10.0. The molecule has 0 aliphatic carbocycles. The minimum Gasteiger partial charge on any atom is -0.469 e. The number of ether oxygens (including phenoxy) is 2. The fourth-order valence-electron chi connectivity index (χ4n) is 2.05. The van der Waals surface area contributed by atoms with Crippen LogP contribution >= 0.6 is 0 Å². The Kier molecular flexibility index (Phi) is 5.32. The lowest BCUT2D eigenvalue weighted by Gasteiger charge is -2.27. The minimum absolute atomic E-state index is 0.209. The summed E-state index contributed by atoms with van der Waals surface area (Å²) in [7, 11) is 1.41. The average molecular weight is 264 g/mol. The molecule has 1 N–H and O–H groups in total. The Morgan fingerprint density at radius 2 is 2.00 bits per heavy atom. The van der Waals surface area contributed by atoms with Crippen molar-refractivity contribution in [3.63, 3.8) is 0 Å². The van der Waals surface area contributed by atoms with Gasteiger partial charge in [0, 0.05) is 19.6 Å². The predicted octanol–water partition coefficient (Wildman–Crippen LogP) is 0.739. The van der Waals surface area contributed by atoms with Gasteiger partial charge in [-0.1, -0.05) is 24.3 Å². The van der Waals surface area contributed by atoms with Crippen LogP contribution in [0.2, 0.25) is 0 Å². The summed E-state index contributed by atoms with van der Waals surface area (Å²) in [6.45, 7) is 4.01. The highest BCUT2D eigenvalue weighted by Crippen LogP contribution is 2.10. The van der Waals surface area contributed by atoms with Gasteiger partial charge in [-0.05, 0) is 11.1 Å². The van der Waals surface area contributed by atoms with Crippen molar-refractivity contribution < 1.29 is 14.3 Å². The van der Waals surface area contributed by atoms with E-state index in [1.807, 2.05) is 24.3 Å². The summed E-state index contributed by atoms with van der Waals surface area (Å²) in [6.07, 6.45) is 0.317. The zero-order valence-corrected chi connectivity index (χ0v) is 11.2. The van der Waals surface area contributed by atoms with Crippen molar-refractivity contribution in [1.29, 1.82) is 0 Å². The number of methoxy groups -OCH3 is 1. The number of morpholine rings is 1. The van der Waals surface area contributed by atoms with Gasteiger partial charge in [-0.2, -0.15) is 0 Å². The molecular weight excluding hydrogens is 244 g/mol. The lowest BCUT2D eigenvalue weighted by atomic mass is 10.0. The van der Waals surface area contributed by atoms with Gasteiger partial charge in [-0.3, -0.25) is 10.2 Å². The van der Waals surface area contributed by atoms with Crippen molar-refractivity contribution in [3.05, 3.63) is 35.4 Å². The fraction of sp³-hybridized carbons (Fsp3) is 0.500. The fourth-order valence-corrected chi connectivity index (χ4v) is 2.05. The molecular formula is C14H20N2O3. The van der Waals surface area contributed by atoms with Gasteiger partial charge in [0.1, 0.15) is 0 Å². The van der Waals surface area contributed by atoms with Gasteiger partial charge >= 0.3 is 5.97 Å². The molecule has 19 heavy (non-hydrogen) atoms. The third-order valence-electron chi connectivity index (χ3n) is 3.19. The largest absolute Gasteiger partial charge is 0.469 e. The Labute approximate surface area is 113 Å². The number of nitrogens with zero attached hydrogens (tertiary/aromatic N) is 1. The molecule has 1 aromatic carbocycles. The molecule has 1 aromatic rings. The van der Waals surface area contributed by atoms with E-state index in [4.69, 9.17) is 9.47 Å². The second-order valence-corrected chi connectivity index (χ2v) is 4.46. The van der Waals surface area contributed by atoms with E-state index in [9.17, 15) is 4.79 Å². The maximum atomic E-state index is 11.4. The van der Waals surface area contributed by atoms with Crippen LogP contribution in [0.15, 0.2) is 24.3 Å². The van der Waals surface area contributed by atoms with Crippen molar-refractivity contribution in [1.82, 2.24) is 10.4 Å². The third-order valence-corrected chi connectivity index (χ3v) is 3.19. The predicted molar refractivity (Wildman–Crippen MR) is 71.4 cm³/mol. The Balaban J connectivity index is 1.93. The molecule has 1 saturated heterocycles. The van der Waals surface area contributed by atoms with Crippen LogP contribution < -0.4 is 5.43 Å². The van der Waals surface area contributed by atoms with E-state index < -0.39 is 0 Å². The van der Waals surface area contributed by atoms with Gasteiger partial charge in [0.2, 0.25) is 0 Å². The van der Waals surface area contributed by atoms with Gasteiger partial charge in [0.25, 0.3) is 0 Å². The first kappa shape index (κ1) is 14.0. The highest BCUT2D eigenvalue weighted by atomic mass is 16.5. The van der Waals surface area contributed by atoms with E-state index in [0.717, 1.165) is 37.4 Å². The summed E-state index contributed by atoms with van der Waals surface area (Å²) >= 11 is 0. The van der Waals surface area contributed by atoms with Crippen LogP contribution in [0, 0.1) is 0 Å². The van der Waals surface area contributed by atoms with Crippen LogP contribution in [0.3, 0.4) is 0 Å². The molecule has 0 saturated carbocycles. The van der Waals surface area contributed by atoms with Crippen molar-refractivity contribution in [2.75, 3.05) is 33.4 Å². The zero-order chi connectivity index (χ0) is 13.5. The van der Waals surface area contributed by atoms with Crippen molar-refractivity contribution in [3.8, 4) is 0 Å². The molecule has 0 amide bonds. The summed E-state index contributed by atoms with van der Waals surface area (Å²) in [5, 5.41) is 2.15. The van der Waals surface area contributed by atoms with Crippen LogP contribution in [-0.2, 0) is 27.2 Å². The Bertz CT molecular complexity index is 417. The van der Waals surface area contributed by atoms with Crippen LogP contribution in [0.4, 0.5) is 0 Å². The molecule has 5 heteroatoms. The first-order chi connectivity index (χ1) is 9.29. The average Bonchev–Trinajstić information content (AvgIpc) is 2.47. The molecule has 0 spiro atoms. The number of hydrazine groups is 1. The molecule has 0 aromatic heterocycles. The summed E-state index contributed by atoms with van der Waals surface area (Å²) in [6, 6.07) is 7.92. The van der Waals surface area contributed by atoms with Gasteiger partial charge < -0.3 is 9.47 Å². The Hall–Kier alpha value is -1.43. The lowest BCUT2D eigenvalue weighted by molar-refractivity contribution is -0.139. The van der Waals surface area contributed by atoms with Crippen molar-refractivity contribution in [2.24, 2.45) is 0 Å². The lowest BCUT2D eigenvalue weighted by Crippen LogP contribution is -2.45. The molecule has 0 bridgehead atoms. The number of esters is 1. The van der Waals surface area contributed by atoms with E-state index in [0.29, 0.717) is 13.0 Å². The molecule has 1 heterocycles. The van der Waals surface area contributed by atoms with Crippen LogP contribution in [-0.4, -0.2) is 44.4 Å². The molecule has 1 fully saturated rings. The smallest absolute Gasteiger partial charge is 0.309 e. The number of carbonyl (C=O) groups excluding carboxylic acids is 1. The van der Waals surface area contributed by atoms with Gasteiger partial charge in [0.15, 0.2) is 0 Å². The number of hydrogen-bond donors (Lipinski definition) is 1. The number of benzene rings is 1. The first-order valence-electron chi connectivity index (χ1n) is 6.49. The van der Waals surface area contributed by atoms with E-state index in [1.165, 1.54) is 7.11 Å². The molecule has 0 atom stereocenters. The molecule has 0 radical (unpaired) electrons. The summed E-state index contributed by atoms with van der Waals surface area (Å²) in [5.74, 6) is -0.209. The van der Waals surface area contributed by atoms with E-state index in [2.05, 4.69) is 10.4 Å². The van der Waals surface area contributed by atoms with E-state index >= 15 is 0 Å². The molecule has 104 valence electrons. The number of nitrogens with one attached hydrogen (secondary N) is 1. The number of hydrogen-bond acceptors (Lipinski definition) is 5. The van der Waals surface area contributed by atoms with Crippen molar-refractivity contribution in [2.45, 2.75) is 13.0 Å². The van der Waals surface area contributed by atoms with E-state index in [-0.39, 0.29) is 5.97 Å². The van der Waals surface area contributed by atoms with Crippen LogP contribution in [0.25, 0.3) is 0 Å². The normalized spacial score (nSPS) is 16.3. The SMILES string of the molecule is COC(=O)Cc1ccccc1CNN1CCOCC1. The Morgan fingerprint density at radius 3 is 2.68 bits per heavy atom. The number of rotatable bonds is 5. The zero-order valence-electron chi connectivity index (χ0n) is 11.2. The topological polar surface area (TPSA) is 50.8 Å². The highest BCUT2D eigenvalue weighted by Gasteiger charge is 2.11. The second-order valence-electron chi connectivity index (χ2n) is 4.46. The minimum atomic E-state index is -0.209. The van der Waals surface area contributed by atoms with E-state index in [1.54, 1.807) is 0 Å². The molecule has 2 rings (SSSR count). The highest BCUT2D eigenvalue weighted by molar-refractivity contribution is 5.72. The quantitative estimate of drug-likeness (QED) is 0.795. The molecule has 5 nitrogen and oxygen atoms in total. The monoisotopic (exact) mass is 264 g/mol. The first-order valence-corrected chi connectivity index (χ1v) is 6.49. The maximum absolute atomic E-state index is 11.4. The number of carbonyl (C=O) groups is 1. The van der Waals surface area contributed by atoms with Gasteiger partial charge in [0.05, 0.1) is 26.7 Å². The van der Waals surface area contributed by atoms with Crippen LogP contribution in [0.5, 0.6) is 0 Å². The maximum Gasteiger partial charge on any atom is 0.309 e.